The molecule has 0 unspecified atom stereocenters. The predicted octanol–water partition coefficient (Wildman–Crippen LogP) is 3.35. The zero-order valence-electron chi connectivity index (χ0n) is 36.6. The highest BCUT2D eigenvalue weighted by Crippen LogP contribution is 2.17. The summed E-state index contributed by atoms with van der Waals surface area (Å²) in [5.41, 5.74) is 7.98. The minimum absolute atomic E-state index is 0.0210. The number of nitrogens with two attached hydrogens (primary N) is 2. The van der Waals surface area contributed by atoms with Crippen LogP contribution < -0.4 is 38.1 Å². The summed E-state index contributed by atoms with van der Waals surface area (Å²) in [6.45, 7) is 24.8. The van der Waals surface area contributed by atoms with E-state index in [0.717, 1.165) is 25.7 Å². The smallest absolute Gasteiger partial charge is 0.408 e. The van der Waals surface area contributed by atoms with Crippen LogP contribution in [0.4, 0.5) is 14.4 Å². The van der Waals surface area contributed by atoms with Gasteiger partial charge in [-0.25, -0.2) is 14.4 Å². The second-order valence-electron chi connectivity index (χ2n) is 17.6. The molecule has 0 aromatic rings. The summed E-state index contributed by atoms with van der Waals surface area (Å²) in [4.78, 5) is 58.7. The minimum atomic E-state index is -1.25. The van der Waals surface area contributed by atoms with Crippen molar-refractivity contribution in [2.24, 2.45) is 23.3 Å². The highest BCUT2D eigenvalue weighted by molar-refractivity contribution is 5.79. The third-order valence-corrected chi connectivity index (χ3v) is 7.95. The van der Waals surface area contributed by atoms with E-state index in [-0.39, 0.29) is 48.7 Å². The lowest BCUT2D eigenvalue weighted by atomic mass is 9.94. The van der Waals surface area contributed by atoms with Gasteiger partial charge >= 0.3 is 18.3 Å². The van der Waals surface area contributed by atoms with Gasteiger partial charge in [0.15, 0.2) is 0 Å². The molecule has 4 atom stereocenters. The molecule has 2 rings (SSSR count). The van der Waals surface area contributed by atoms with Gasteiger partial charge in [0, 0.05) is 82.4 Å². The molecule has 330 valence electrons. The van der Waals surface area contributed by atoms with Crippen molar-refractivity contribution in [3.8, 4) is 6.07 Å². The fourth-order valence-corrected chi connectivity index (χ4v) is 5.12. The average Bonchev–Trinajstić information content (AvgIpc) is 3.09. The van der Waals surface area contributed by atoms with Gasteiger partial charge in [0.25, 0.3) is 0 Å². The molecule has 2 aliphatic rings. The molecule has 2 aliphatic heterocycles. The largest absolute Gasteiger partial charge is 0.444 e. The molecule has 0 spiro atoms. The number of nitriles is 1. The van der Waals surface area contributed by atoms with Gasteiger partial charge in [-0.1, -0.05) is 0 Å². The van der Waals surface area contributed by atoms with Crippen molar-refractivity contribution in [2.45, 2.75) is 156 Å². The van der Waals surface area contributed by atoms with Crippen LogP contribution >= 0.6 is 0 Å². The number of nitrogens with zero attached hydrogens (tertiary/aromatic N) is 1. The van der Waals surface area contributed by atoms with Crippen LogP contribution in [-0.4, -0.2) is 117 Å². The number of hydrogen-bond acceptors (Lipinski definition) is 13. The normalized spacial score (nSPS) is 17.7. The van der Waals surface area contributed by atoms with E-state index in [4.69, 9.17) is 35.2 Å². The van der Waals surface area contributed by atoms with Gasteiger partial charge in [-0.15, -0.1) is 0 Å². The SMILES string of the molecule is CC(C)(C)OC(=O)N[C@H](CN)C[C@](C)(C#N)NC(=O)OC(C)(C)C.C[C@@H](CN)NC(=O)C1CCOCC1.C[C@@H](CNC(=O)OC(C)(C)C)NC(=O)C1CCOCC1. The maximum atomic E-state index is 12.0. The van der Waals surface area contributed by atoms with Crippen LogP contribution in [0.2, 0.25) is 0 Å². The Hall–Kier alpha value is -3.92. The summed E-state index contributed by atoms with van der Waals surface area (Å²) < 4.78 is 25.9. The van der Waals surface area contributed by atoms with Gasteiger partial charge in [-0.3, -0.25) is 9.59 Å². The zero-order valence-corrected chi connectivity index (χ0v) is 36.6. The first-order valence-corrected chi connectivity index (χ1v) is 19.8. The number of alkyl carbamates (subject to hydrolysis) is 3. The first kappa shape index (κ1) is 53.1. The van der Waals surface area contributed by atoms with Crippen LogP contribution in [0.25, 0.3) is 0 Å². The molecule has 0 saturated carbocycles. The minimum Gasteiger partial charge on any atom is -0.444 e. The predicted molar refractivity (Wildman–Crippen MR) is 216 cm³/mol. The average molecular weight is 815 g/mol. The molecular weight excluding hydrogens is 740 g/mol. The number of rotatable bonds is 12. The molecule has 2 heterocycles. The van der Waals surface area contributed by atoms with Gasteiger partial charge in [0.2, 0.25) is 11.8 Å². The van der Waals surface area contributed by atoms with E-state index in [2.05, 4.69) is 26.6 Å². The van der Waals surface area contributed by atoms with Crippen molar-refractivity contribution in [3.63, 3.8) is 0 Å². The first-order chi connectivity index (χ1) is 26.2. The van der Waals surface area contributed by atoms with E-state index in [1.54, 1.807) is 41.5 Å². The van der Waals surface area contributed by atoms with Gasteiger partial charge in [-0.05, 0) is 109 Å². The van der Waals surface area contributed by atoms with Gasteiger partial charge < -0.3 is 61.7 Å². The number of nitrogens with one attached hydrogen (secondary N) is 5. The van der Waals surface area contributed by atoms with Crippen molar-refractivity contribution in [2.75, 3.05) is 46.1 Å². The molecule has 9 N–H and O–H groups in total. The molecule has 0 aliphatic carbocycles. The van der Waals surface area contributed by atoms with E-state index < -0.39 is 46.7 Å². The number of carbonyl (C=O) groups is 5. The topological polar surface area (TPSA) is 267 Å². The quantitative estimate of drug-likeness (QED) is 0.140. The van der Waals surface area contributed by atoms with Gasteiger partial charge in [-0.2, -0.15) is 5.26 Å². The Labute approximate surface area is 340 Å². The Kier molecular flexibility index (Phi) is 23.7. The van der Waals surface area contributed by atoms with Gasteiger partial charge in [0.1, 0.15) is 22.3 Å². The fraction of sp³-hybridized carbons (Fsp3) is 0.846. The van der Waals surface area contributed by atoms with Crippen LogP contribution in [0.15, 0.2) is 0 Å². The second-order valence-corrected chi connectivity index (χ2v) is 17.6. The maximum Gasteiger partial charge on any atom is 0.408 e. The summed E-state index contributed by atoms with van der Waals surface area (Å²) in [5, 5.41) is 22.9. The Bertz CT molecular complexity index is 1280. The highest BCUT2D eigenvalue weighted by atomic mass is 16.6. The fourth-order valence-electron chi connectivity index (χ4n) is 5.12. The van der Waals surface area contributed by atoms with Crippen molar-refractivity contribution in [3.05, 3.63) is 0 Å². The molecule has 0 bridgehead atoms. The Balaban J connectivity index is 0.000000858. The van der Waals surface area contributed by atoms with Crippen LogP contribution in [0.5, 0.6) is 0 Å². The molecule has 5 amide bonds. The van der Waals surface area contributed by atoms with Crippen LogP contribution in [-0.2, 0) is 33.3 Å². The molecule has 18 nitrogen and oxygen atoms in total. The van der Waals surface area contributed by atoms with E-state index in [0.29, 0.717) is 39.5 Å². The van der Waals surface area contributed by atoms with Crippen molar-refractivity contribution in [1.29, 1.82) is 5.26 Å². The second kappa shape index (κ2) is 25.4. The van der Waals surface area contributed by atoms with Crippen LogP contribution in [0.1, 0.15) is 115 Å². The van der Waals surface area contributed by atoms with Crippen molar-refractivity contribution < 1.29 is 47.7 Å². The molecule has 2 saturated heterocycles. The van der Waals surface area contributed by atoms with Gasteiger partial charge in [0.05, 0.1) is 6.07 Å². The molecular formula is C39H74N8O10. The third-order valence-electron chi connectivity index (χ3n) is 7.95. The monoisotopic (exact) mass is 815 g/mol. The van der Waals surface area contributed by atoms with E-state index in [1.165, 1.54) is 6.92 Å². The summed E-state index contributed by atoms with van der Waals surface area (Å²) in [6, 6.07) is 1.43. The molecule has 57 heavy (non-hydrogen) atoms. The molecule has 2 fully saturated rings. The Morgan fingerprint density at radius 2 is 1.05 bits per heavy atom. The van der Waals surface area contributed by atoms with Crippen LogP contribution in [0.3, 0.4) is 0 Å². The summed E-state index contributed by atoms with van der Waals surface area (Å²) in [5.74, 6) is 0.309. The summed E-state index contributed by atoms with van der Waals surface area (Å²) in [7, 11) is 0. The third kappa shape index (κ3) is 27.4. The number of ether oxygens (including phenoxy) is 5. The number of amides is 5. The molecule has 0 radical (unpaired) electrons. The number of carbonyl (C=O) groups excluding carboxylic acids is 5. The lowest BCUT2D eigenvalue weighted by Gasteiger charge is -2.30. The van der Waals surface area contributed by atoms with E-state index in [9.17, 15) is 29.2 Å². The zero-order chi connectivity index (χ0) is 44.0. The summed E-state index contributed by atoms with van der Waals surface area (Å²) >= 11 is 0. The van der Waals surface area contributed by atoms with E-state index >= 15 is 0 Å². The van der Waals surface area contributed by atoms with E-state index in [1.807, 2.05) is 40.7 Å². The maximum absolute atomic E-state index is 12.0. The molecule has 0 aromatic carbocycles. The number of hydrogen-bond donors (Lipinski definition) is 7. The van der Waals surface area contributed by atoms with Crippen molar-refractivity contribution in [1.82, 2.24) is 26.6 Å². The Morgan fingerprint density at radius 3 is 1.44 bits per heavy atom. The lowest BCUT2D eigenvalue weighted by molar-refractivity contribution is -0.129. The van der Waals surface area contributed by atoms with Crippen molar-refractivity contribution >= 4 is 30.1 Å². The van der Waals surface area contributed by atoms with Crippen LogP contribution in [0, 0.1) is 23.2 Å². The Morgan fingerprint density at radius 1 is 0.649 bits per heavy atom. The lowest BCUT2D eigenvalue weighted by Crippen LogP contribution is -2.53. The highest BCUT2D eigenvalue weighted by Gasteiger charge is 2.33. The standard InChI is InChI=1S/C16H30N4O4.C14H26N2O4.C9H18N2O2/c1-14(2,3)23-12(21)19-11(9-17)8-16(7,10-18)20-13(22)24-15(4,5)6;1-10(9-15-13(18)20-14(2,3)4)16-12(17)11-5-7-19-8-6-11;1-7(6-10)11-9(12)8-2-4-13-5-3-8/h11H,8-9,17H2,1-7H3,(H,19,21)(H,20,22);10-11H,5-9H2,1-4H3,(H,15,18)(H,16,17);7-8H,2-6,10H2,1H3,(H,11,12)/t11-,16+;10-;7-/m000/s1. The molecule has 0 aromatic heterocycles. The molecule has 18 heteroatoms. The first-order valence-electron chi connectivity index (χ1n) is 19.8. The summed E-state index contributed by atoms with van der Waals surface area (Å²) in [6.07, 6.45) is 1.50.